The van der Waals surface area contributed by atoms with Crippen molar-refractivity contribution < 1.29 is 28.0 Å². The van der Waals surface area contributed by atoms with E-state index in [0.717, 1.165) is 108 Å². The first-order valence-corrected chi connectivity index (χ1v) is 23.0. The van der Waals surface area contributed by atoms with E-state index < -0.39 is 15.3 Å². The molecule has 2 aromatic rings. The van der Waals surface area contributed by atoms with E-state index in [-0.39, 0.29) is 28.4 Å². The number of piperazine rings is 1. The van der Waals surface area contributed by atoms with Crippen LogP contribution in [0.3, 0.4) is 0 Å². The molecular weight excluding hydrogens is 748 g/mol. The topological polar surface area (TPSA) is 92.8 Å². The Balaban J connectivity index is 1.14. The number of rotatable bonds is 4. The van der Waals surface area contributed by atoms with Crippen LogP contribution in [0.25, 0.3) is 0 Å². The van der Waals surface area contributed by atoms with Gasteiger partial charge in [0.1, 0.15) is 11.4 Å². The number of allylic oxidation sites excluding steroid dienone is 1. The van der Waals surface area contributed by atoms with Gasteiger partial charge < -0.3 is 23.8 Å². The number of hydrogen-bond acceptors (Lipinski definition) is 9. The Morgan fingerprint density at radius 3 is 2.57 bits per heavy atom. The number of amides is 1. The molecule has 3 fully saturated rings. The molecule has 56 heavy (non-hydrogen) atoms. The molecule has 4 heterocycles. The van der Waals surface area contributed by atoms with Gasteiger partial charge in [0.15, 0.2) is 0 Å². The minimum Gasteiger partial charge on any atom is -0.490 e. The van der Waals surface area contributed by atoms with Crippen LogP contribution >= 0.6 is 11.6 Å². The standard InChI is InChI=1S/C44H61ClN4O6S/c1-31-7-5-16-44(52-3,29-47-17-19-48(20-18-47)37-26-53-21-22-54-27-37)39-12-9-35(39)25-49-28-43(15-6-8-33-23-36(45)11-13-38(33)43)30-55-41-14-10-34(24-40(41)49)42(50)46-56(4,51)32(31)2/h5,10-11,13-14,16,23-24,31-32,35,37,39H,4,6-9,12,15,17-22,25-30H2,1-3H3,(H,46,50,51)/b16-5+/t31-,32+,35-,39+,43-,44-,56?/m0/s1. The van der Waals surface area contributed by atoms with Gasteiger partial charge in [0, 0.05) is 74.2 Å². The van der Waals surface area contributed by atoms with Gasteiger partial charge in [-0.15, -0.1) is 0 Å². The molecule has 0 radical (unpaired) electrons. The van der Waals surface area contributed by atoms with Crippen LogP contribution < -0.4 is 14.4 Å². The van der Waals surface area contributed by atoms with Crippen molar-refractivity contribution in [3.8, 4) is 5.75 Å². The lowest BCUT2D eigenvalue weighted by molar-refractivity contribution is -0.0974. The molecule has 2 aliphatic carbocycles. The van der Waals surface area contributed by atoms with Crippen LogP contribution in [-0.2, 0) is 35.8 Å². The van der Waals surface area contributed by atoms with Crippen LogP contribution in [0.15, 0.2) is 48.6 Å². The summed E-state index contributed by atoms with van der Waals surface area (Å²) >= 11 is 6.54. The van der Waals surface area contributed by atoms with Gasteiger partial charge in [-0.3, -0.25) is 19.3 Å². The second-order valence-corrected chi connectivity index (χ2v) is 20.3. The van der Waals surface area contributed by atoms with Gasteiger partial charge in [0.05, 0.1) is 54.5 Å². The highest BCUT2D eigenvalue weighted by atomic mass is 35.5. The number of carbonyl (C=O) groups excluding carboxylic acids is 1. The average molecular weight is 810 g/mol. The molecule has 2 bridgehead atoms. The van der Waals surface area contributed by atoms with Crippen molar-refractivity contribution in [1.29, 1.82) is 0 Å². The molecule has 306 valence electrons. The zero-order chi connectivity index (χ0) is 39.1. The Hall–Kier alpha value is -2.64. The SMILES string of the molecule is C=S1(=O)NC(=O)c2ccc3c(c2)N(C[C@@H]2CC[C@H]2[C@](CN2CCN(C4COCCOC4)CC2)(OC)/C=C/C[C@H](C)[C@H]1C)C[C@@]1(CCCc2cc(Cl)ccc21)CO3. The van der Waals surface area contributed by atoms with Gasteiger partial charge in [0.25, 0.3) is 5.91 Å². The lowest BCUT2D eigenvalue weighted by Gasteiger charge is -2.52. The monoisotopic (exact) mass is 808 g/mol. The molecule has 7 atom stereocenters. The summed E-state index contributed by atoms with van der Waals surface area (Å²) in [5.41, 5.74) is 3.24. The van der Waals surface area contributed by atoms with E-state index >= 15 is 0 Å². The lowest BCUT2D eigenvalue weighted by Crippen LogP contribution is -2.60. The molecule has 2 aromatic carbocycles. The van der Waals surface area contributed by atoms with Gasteiger partial charge in [-0.05, 0) is 111 Å². The fraction of sp³-hybridized carbons (Fsp3) is 0.636. The summed E-state index contributed by atoms with van der Waals surface area (Å²) < 4.78 is 42.2. The van der Waals surface area contributed by atoms with Gasteiger partial charge >= 0.3 is 0 Å². The second-order valence-electron chi connectivity index (χ2n) is 17.5. The normalized spacial score (nSPS) is 35.6. The van der Waals surface area contributed by atoms with Crippen LogP contribution in [0.5, 0.6) is 5.75 Å². The third kappa shape index (κ3) is 8.03. The van der Waals surface area contributed by atoms with E-state index in [1.807, 2.05) is 32.2 Å². The number of anilines is 1. The summed E-state index contributed by atoms with van der Waals surface area (Å²) in [7, 11) is -1.08. The number of fused-ring (bicyclic) bond motifs is 4. The number of benzene rings is 2. The molecular formula is C44H61ClN4O6S. The largest absolute Gasteiger partial charge is 0.490 e. The molecule has 1 amide bonds. The third-order valence-electron chi connectivity index (χ3n) is 14.1. The molecule has 4 aliphatic heterocycles. The van der Waals surface area contributed by atoms with Crippen LogP contribution in [0.1, 0.15) is 67.4 Å². The molecule has 1 unspecified atom stereocenters. The summed E-state index contributed by atoms with van der Waals surface area (Å²) in [5, 5.41) is 0.419. The summed E-state index contributed by atoms with van der Waals surface area (Å²) in [6.45, 7) is 13.6. The van der Waals surface area contributed by atoms with Gasteiger partial charge in [-0.2, -0.15) is 0 Å². The van der Waals surface area contributed by atoms with E-state index in [1.165, 1.54) is 11.1 Å². The van der Waals surface area contributed by atoms with E-state index in [4.69, 9.17) is 30.5 Å². The van der Waals surface area contributed by atoms with Crippen molar-refractivity contribution in [3.05, 3.63) is 70.3 Å². The Morgan fingerprint density at radius 2 is 1.84 bits per heavy atom. The maximum absolute atomic E-state index is 14.1. The molecule has 1 spiro atoms. The van der Waals surface area contributed by atoms with Crippen molar-refractivity contribution in [2.75, 3.05) is 90.9 Å². The van der Waals surface area contributed by atoms with E-state index in [9.17, 15) is 9.00 Å². The Kier molecular flexibility index (Phi) is 11.9. The molecule has 2 saturated heterocycles. The molecule has 8 rings (SSSR count). The Labute approximate surface area is 339 Å². The zero-order valence-electron chi connectivity index (χ0n) is 33.5. The van der Waals surface area contributed by atoms with Gasteiger partial charge in [0.2, 0.25) is 0 Å². The first kappa shape index (κ1) is 40.2. The fourth-order valence-electron chi connectivity index (χ4n) is 10.4. The fourth-order valence-corrected chi connectivity index (χ4v) is 12.0. The first-order chi connectivity index (χ1) is 27.0. The van der Waals surface area contributed by atoms with Crippen molar-refractivity contribution >= 4 is 38.8 Å². The third-order valence-corrected chi connectivity index (χ3v) is 16.6. The summed E-state index contributed by atoms with van der Waals surface area (Å²) in [5.74, 6) is 5.15. The lowest BCUT2D eigenvalue weighted by atomic mass is 9.63. The molecule has 1 N–H and O–H groups in total. The number of halogens is 1. The average Bonchev–Trinajstić information content (AvgIpc) is 3.54. The van der Waals surface area contributed by atoms with E-state index in [0.29, 0.717) is 43.8 Å². The molecule has 12 heteroatoms. The summed E-state index contributed by atoms with van der Waals surface area (Å²) in [4.78, 5) is 21.5. The predicted molar refractivity (Wildman–Crippen MR) is 225 cm³/mol. The zero-order valence-corrected chi connectivity index (χ0v) is 35.1. The maximum Gasteiger partial charge on any atom is 0.262 e. The predicted octanol–water partition coefficient (Wildman–Crippen LogP) is 5.60. The summed E-state index contributed by atoms with van der Waals surface area (Å²) in [6.07, 6.45) is 10.5. The van der Waals surface area contributed by atoms with Gasteiger partial charge in [-0.25, -0.2) is 4.21 Å². The van der Waals surface area contributed by atoms with Crippen LogP contribution in [0.4, 0.5) is 5.69 Å². The second kappa shape index (κ2) is 16.5. The smallest absolute Gasteiger partial charge is 0.262 e. The maximum atomic E-state index is 14.1. The van der Waals surface area contributed by atoms with Crippen LogP contribution in [-0.4, -0.2) is 129 Å². The number of carbonyl (C=O) groups is 1. The van der Waals surface area contributed by atoms with E-state index in [1.54, 1.807) is 6.07 Å². The summed E-state index contributed by atoms with van der Waals surface area (Å²) in [6, 6.07) is 12.3. The van der Waals surface area contributed by atoms with Crippen LogP contribution in [0.2, 0.25) is 5.02 Å². The van der Waals surface area contributed by atoms with Crippen molar-refractivity contribution in [2.24, 2.45) is 17.8 Å². The highest BCUT2D eigenvalue weighted by molar-refractivity contribution is 7.99. The number of hydrogen-bond donors (Lipinski definition) is 1. The Bertz CT molecular complexity index is 1880. The van der Waals surface area contributed by atoms with Crippen molar-refractivity contribution in [1.82, 2.24) is 14.5 Å². The highest BCUT2D eigenvalue weighted by Crippen LogP contribution is 2.49. The number of methoxy groups -OCH3 is 1. The first-order valence-electron chi connectivity index (χ1n) is 20.8. The Morgan fingerprint density at radius 1 is 1.05 bits per heavy atom. The van der Waals surface area contributed by atoms with Gasteiger partial charge in [-0.1, -0.05) is 36.7 Å². The molecule has 0 aromatic heterocycles. The molecule has 6 aliphatic rings. The van der Waals surface area contributed by atoms with Crippen LogP contribution in [0, 0.1) is 17.8 Å². The number of aryl methyl sites for hydroxylation is 1. The minimum absolute atomic E-state index is 0.0177. The van der Waals surface area contributed by atoms with Crippen molar-refractivity contribution in [3.63, 3.8) is 0 Å². The minimum atomic E-state index is -2.97. The number of nitrogens with zero attached hydrogens (tertiary/aromatic N) is 3. The van der Waals surface area contributed by atoms with E-state index in [2.05, 4.69) is 56.5 Å². The molecule has 10 nitrogen and oxygen atoms in total. The van der Waals surface area contributed by atoms with Crippen molar-refractivity contribution in [2.45, 2.75) is 74.7 Å². The number of ether oxygens (including phenoxy) is 4. The highest BCUT2D eigenvalue weighted by Gasteiger charge is 2.50. The quantitative estimate of drug-likeness (QED) is 0.313. The number of nitrogens with one attached hydrogen (secondary N) is 1. The molecule has 1 saturated carbocycles.